The van der Waals surface area contributed by atoms with Crippen molar-refractivity contribution in [2.45, 2.75) is 54.6 Å². The van der Waals surface area contributed by atoms with Gasteiger partial charge in [0.2, 0.25) is 0 Å². The van der Waals surface area contributed by atoms with Gasteiger partial charge in [0.1, 0.15) is 0 Å². The molecule has 3 aliphatic rings. The smallest absolute Gasteiger partial charge is 0.0189 e. The minimum absolute atomic E-state index is 0.855. The third-order valence-corrected chi connectivity index (χ3v) is 7.71. The van der Waals surface area contributed by atoms with E-state index in [1.54, 1.807) is 10.5 Å². The van der Waals surface area contributed by atoms with Crippen LogP contribution in [0.3, 0.4) is 0 Å². The molecule has 2 saturated carbocycles. The van der Waals surface area contributed by atoms with Crippen LogP contribution in [0.15, 0.2) is 41.3 Å². The molecule has 0 saturated heterocycles. The van der Waals surface area contributed by atoms with Crippen LogP contribution >= 0.6 is 11.8 Å². The van der Waals surface area contributed by atoms with Crippen LogP contribution in [-0.2, 0) is 0 Å². The maximum atomic E-state index is 2.46. The zero-order chi connectivity index (χ0) is 13.8. The Bertz CT molecular complexity index is 689. The first-order chi connectivity index (χ1) is 10.4. The van der Waals surface area contributed by atoms with Gasteiger partial charge in [-0.1, -0.05) is 55.7 Å². The largest absolute Gasteiger partial charge is 0.121 e. The van der Waals surface area contributed by atoms with Gasteiger partial charge < -0.3 is 0 Å². The summed E-state index contributed by atoms with van der Waals surface area (Å²) in [6.45, 7) is 0. The molecule has 0 nitrogen and oxygen atoms in total. The van der Waals surface area contributed by atoms with E-state index in [2.05, 4.69) is 48.2 Å². The van der Waals surface area contributed by atoms with Crippen LogP contribution in [-0.4, -0.2) is 5.25 Å². The molecule has 0 amide bonds. The molecule has 21 heavy (non-hydrogen) atoms. The Kier molecular flexibility index (Phi) is 2.86. The van der Waals surface area contributed by atoms with Gasteiger partial charge >= 0.3 is 0 Å². The Hall–Kier alpha value is -0.950. The zero-order valence-corrected chi connectivity index (χ0v) is 13.2. The van der Waals surface area contributed by atoms with Crippen molar-refractivity contribution in [2.24, 2.45) is 11.8 Å². The molecule has 4 atom stereocenters. The minimum atomic E-state index is 0.855. The van der Waals surface area contributed by atoms with E-state index in [9.17, 15) is 0 Å². The van der Waals surface area contributed by atoms with Gasteiger partial charge in [0.25, 0.3) is 0 Å². The van der Waals surface area contributed by atoms with Gasteiger partial charge in [-0.05, 0) is 47.4 Å². The minimum Gasteiger partial charge on any atom is -0.121 e. The van der Waals surface area contributed by atoms with Crippen molar-refractivity contribution in [3.05, 3.63) is 42.0 Å². The molecule has 0 bridgehead atoms. The summed E-state index contributed by atoms with van der Waals surface area (Å²) in [6, 6.07) is 13.8. The first-order valence-corrected chi connectivity index (χ1v) is 9.48. The predicted octanol–water partition coefficient (Wildman–Crippen LogP) is 6.00. The van der Waals surface area contributed by atoms with E-state index in [4.69, 9.17) is 0 Å². The fraction of sp³-hybridized carbons (Fsp3) is 0.500. The van der Waals surface area contributed by atoms with Gasteiger partial charge in [0.15, 0.2) is 0 Å². The Morgan fingerprint density at radius 1 is 0.857 bits per heavy atom. The van der Waals surface area contributed by atoms with Gasteiger partial charge in [-0.15, -0.1) is 11.8 Å². The van der Waals surface area contributed by atoms with E-state index in [-0.39, 0.29) is 0 Å². The summed E-state index contributed by atoms with van der Waals surface area (Å²) in [7, 11) is 0. The lowest BCUT2D eigenvalue weighted by molar-refractivity contribution is 0.150. The zero-order valence-electron chi connectivity index (χ0n) is 12.4. The lowest BCUT2D eigenvalue weighted by Gasteiger charge is -2.43. The third-order valence-electron chi connectivity index (χ3n) is 6.19. The van der Waals surface area contributed by atoms with E-state index in [0.717, 1.165) is 23.0 Å². The maximum Gasteiger partial charge on any atom is 0.0189 e. The number of benzene rings is 2. The lowest BCUT2D eigenvalue weighted by Crippen LogP contribution is -2.34. The van der Waals surface area contributed by atoms with Crippen LogP contribution < -0.4 is 0 Å². The topological polar surface area (TPSA) is 0 Å². The van der Waals surface area contributed by atoms with Gasteiger partial charge in [-0.2, -0.15) is 0 Å². The molecule has 0 radical (unpaired) electrons. The van der Waals surface area contributed by atoms with E-state index in [0.29, 0.717) is 0 Å². The Labute approximate surface area is 131 Å². The van der Waals surface area contributed by atoms with Gasteiger partial charge in [-0.25, -0.2) is 0 Å². The quantitative estimate of drug-likeness (QED) is 0.574. The molecule has 0 N–H and O–H groups in total. The summed E-state index contributed by atoms with van der Waals surface area (Å²) in [5.74, 6) is 2.86. The number of rotatable bonds is 0. The van der Waals surface area contributed by atoms with E-state index in [1.165, 1.54) is 49.3 Å². The highest BCUT2D eigenvalue weighted by Gasteiger charge is 2.45. The van der Waals surface area contributed by atoms with Gasteiger partial charge in [0.05, 0.1) is 0 Å². The summed E-state index contributed by atoms with van der Waals surface area (Å²) in [4.78, 5) is 1.62. The predicted molar refractivity (Wildman–Crippen MR) is 91.0 cm³/mol. The third kappa shape index (κ3) is 1.83. The van der Waals surface area contributed by atoms with Crippen molar-refractivity contribution in [3.63, 3.8) is 0 Å². The molecule has 2 aromatic carbocycles. The molecule has 1 aliphatic heterocycles. The highest BCUT2D eigenvalue weighted by Crippen LogP contribution is 2.59. The molecule has 108 valence electrons. The van der Waals surface area contributed by atoms with Crippen molar-refractivity contribution in [2.75, 3.05) is 0 Å². The number of hydrogen-bond acceptors (Lipinski definition) is 1. The Morgan fingerprint density at radius 2 is 1.76 bits per heavy atom. The lowest BCUT2D eigenvalue weighted by atomic mass is 9.63. The molecule has 1 heteroatoms. The van der Waals surface area contributed by atoms with Crippen LogP contribution in [0.25, 0.3) is 10.8 Å². The number of fused-ring (bicyclic) bond motifs is 7. The molecule has 2 aliphatic carbocycles. The number of thioether (sulfide) groups is 1. The monoisotopic (exact) mass is 294 g/mol. The normalized spacial score (nSPS) is 34.3. The second kappa shape index (κ2) is 4.78. The standard InChI is InChI=1S/C20H22S/c1-3-7-15-13(5-1)10-12-18-19(15)17-11-9-14-6-2-4-8-16(14)20(17)21-18/h2,4,6,8-9,11,13,15,18-19H,1,3,5,7,10,12H2. The molecule has 1 heterocycles. The fourth-order valence-electron chi connectivity index (χ4n) is 5.27. The SMILES string of the molecule is c1ccc2c3c(ccc2c1)C1C(CCC2CCCCC21)S3. The Morgan fingerprint density at radius 3 is 2.76 bits per heavy atom. The molecule has 2 aromatic rings. The van der Waals surface area contributed by atoms with E-state index in [1.807, 2.05) is 0 Å². The molecular weight excluding hydrogens is 272 g/mol. The van der Waals surface area contributed by atoms with Crippen LogP contribution in [0.1, 0.15) is 50.0 Å². The number of hydrogen-bond donors (Lipinski definition) is 0. The fourth-order valence-corrected chi connectivity index (χ4v) is 6.97. The second-order valence-electron chi connectivity index (χ2n) is 7.17. The summed E-state index contributed by atoms with van der Waals surface area (Å²) >= 11 is 2.21. The first kappa shape index (κ1) is 12.6. The van der Waals surface area contributed by atoms with Crippen LogP contribution in [0.2, 0.25) is 0 Å². The summed E-state index contributed by atoms with van der Waals surface area (Å²) in [5, 5.41) is 3.79. The molecule has 4 unspecified atom stereocenters. The first-order valence-electron chi connectivity index (χ1n) is 8.60. The van der Waals surface area contributed by atoms with Crippen LogP contribution in [0.5, 0.6) is 0 Å². The molecular formula is C20H22S. The Balaban J connectivity index is 1.65. The van der Waals surface area contributed by atoms with Crippen molar-refractivity contribution in [3.8, 4) is 0 Å². The van der Waals surface area contributed by atoms with Crippen molar-refractivity contribution in [1.29, 1.82) is 0 Å². The second-order valence-corrected chi connectivity index (χ2v) is 8.42. The van der Waals surface area contributed by atoms with Gasteiger partial charge in [0, 0.05) is 16.1 Å². The van der Waals surface area contributed by atoms with E-state index >= 15 is 0 Å². The van der Waals surface area contributed by atoms with Crippen molar-refractivity contribution >= 4 is 22.5 Å². The van der Waals surface area contributed by atoms with Crippen molar-refractivity contribution in [1.82, 2.24) is 0 Å². The summed E-state index contributed by atoms with van der Waals surface area (Å²) in [5.41, 5.74) is 1.69. The van der Waals surface area contributed by atoms with Crippen LogP contribution in [0, 0.1) is 11.8 Å². The van der Waals surface area contributed by atoms with Crippen molar-refractivity contribution < 1.29 is 0 Å². The summed E-state index contributed by atoms with van der Waals surface area (Å²) in [6.07, 6.45) is 8.87. The molecule has 0 aromatic heterocycles. The molecule has 2 fully saturated rings. The van der Waals surface area contributed by atoms with E-state index < -0.39 is 0 Å². The average Bonchev–Trinajstić information content (AvgIpc) is 2.94. The average molecular weight is 294 g/mol. The molecule has 0 spiro atoms. The highest BCUT2D eigenvalue weighted by molar-refractivity contribution is 8.00. The highest BCUT2D eigenvalue weighted by atomic mass is 32.2. The maximum absolute atomic E-state index is 2.46. The van der Waals surface area contributed by atoms with Gasteiger partial charge in [-0.3, -0.25) is 0 Å². The summed E-state index contributed by atoms with van der Waals surface area (Å²) < 4.78 is 0. The van der Waals surface area contributed by atoms with Crippen LogP contribution in [0.4, 0.5) is 0 Å². The molecule has 5 rings (SSSR count).